The first-order valence-corrected chi connectivity index (χ1v) is 4.22. The number of amides is 2. The molecule has 72 valence electrons. The molecule has 0 spiro atoms. The van der Waals surface area contributed by atoms with E-state index in [1.807, 2.05) is 24.3 Å². The van der Waals surface area contributed by atoms with Crippen molar-refractivity contribution < 1.29 is 4.79 Å². The fraction of sp³-hybridized carbons (Fsp3) is 0.111. The lowest BCUT2D eigenvalue weighted by atomic mass is 10.3. The molecule has 5 nitrogen and oxygen atoms in total. The van der Waals surface area contributed by atoms with Crippen molar-refractivity contribution in [3.63, 3.8) is 0 Å². The van der Waals surface area contributed by atoms with Gasteiger partial charge >= 0.3 is 6.03 Å². The molecule has 0 bridgehead atoms. The molecule has 0 atom stereocenters. The maximum absolute atomic E-state index is 10.5. The third-order valence-corrected chi connectivity index (χ3v) is 1.87. The van der Waals surface area contributed by atoms with E-state index in [4.69, 9.17) is 5.73 Å². The van der Waals surface area contributed by atoms with Gasteiger partial charge in [0.15, 0.2) is 0 Å². The number of aromatic amines is 1. The molecule has 1 aromatic heterocycles. The smallest absolute Gasteiger partial charge is 0.312 e. The monoisotopic (exact) mass is 190 g/mol. The zero-order valence-electron chi connectivity index (χ0n) is 7.45. The molecule has 4 N–H and O–H groups in total. The summed E-state index contributed by atoms with van der Waals surface area (Å²) in [6.07, 6.45) is 0. The Labute approximate surface area is 80.3 Å². The maximum atomic E-state index is 10.5. The van der Waals surface area contributed by atoms with Crippen LogP contribution in [0, 0.1) is 0 Å². The largest absolute Gasteiger partial charge is 0.352 e. The fourth-order valence-electron chi connectivity index (χ4n) is 1.26. The number of rotatable bonds is 2. The lowest BCUT2D eigenvalue weighted by Gasteiger charge is -1.95. The molecule has 5 heteroatoms. The van der Waals surface area contributed by atoms with Crippen LogP contribution in [-0.4, -0.2) is 16.0 Å². The highest BCUT2D eigenvalue weighted by Crippen LogP contribution is 2.09. The highest BCUT2D eigenvalue weighted by Gasteiger charge is 2.01. The van der Waals surface area contributed by atoms with Gasteiger partial charge in [0.1, 0.15) is 5.82 Å². The van der Waals surface area contributed by atoms with Crippen molar-refractivity contribution in [3.8, 4) is 0 Å². The fourth-order valence-corrected chi connectivity index (χ4v) is 1.26. The van der Waals surface area contributed by atoms with E-state index in [1.54, 1.807) is 0 Å². The van der Waals surface area contributed by atoms with Crippen LogP contribution in [0.15, 0.2) is 24.3 Å². The molecule has 1 aromatic carbocycles. The number of H-pyrrole nitrogens is 1. The normalized spacial score (nSPS) is 10.3. The molecule has 2 amide bonds. The molecule has 0 fully saturated rings. The summed E-state index contributed by atoms with van der Waals surface area (Å²) in [5, 5.41) is 2.47. The van der Waals surface area contributed by atoms with Gasteiger partial charge in [-0.05, 0) is 12.1 Å². The number of aromatic nitrogens is 2. The number of benzene rings is 1. The number of para-hydroxylation sites is 2. The number of carbonyl (C=O) groups excluding carboxylic acids is 1. The lowest BCUT2D eigenvalue weighted by Crippen LogP contribution is -2.29. The number of fused-ring (bicyclic) bond motifs is 1. The van der Waals surface area contributed by atoms with Gasteiger partial charge in [0.2, 0.25) is 0 Å². The van der Waals surface area contributed by atoms with E-state index in [2.05, 4.69) is 15.3 Å². The van der Waals surface area contributed by atoms with Crippen LogP contribution < -0.4 is 11.1 Å². The molecule has 0 aliphatic heterocycles. The van der Waals surface area contributed by atoms with Gasteiger partial charge in [-0.25, -0.2) is 9.78 Å². The van der Waals surface area contributed by atoms with E-state index in [9.17, 15) is 4.79 Å². The predicted octanol–water partition coefficient (Wildman–Crippen LogP) is 0.731. The second-order valence-corrected chi connectivity index (χ2v) is 2.92. The quantitative estimate of drug-likeness (QED) is 0.652. The third kappa shape index (κ3) is 1.66. The van der Waals surface area contributed by atoms with Gasteiger partial charge in [0.05, 0.1) is 17.6 Å². The van der Waals surface area contributed by atoms with Crippen molar-refractivity contribution in [2.24, 2.45) is 5.73 Å². The maximum Gasteiger partial charge on any atom is 0.312 e. The Balaban J connectivity index is 2.22. The Morgan fingerprint density at radius 1 is 1.50 bits per heavy atom. The van der Waals surface area contributed by atoms with Gasteiger partial charge in [0.25, 0.3) is 0 Å². The lowest BCUT2D eigenvalue weighted by molar-refractivity contribution is 0.248. The van der Waals surface area contributed by atoms with E-state index in [-0.39, 0.29) is 0 Å². The summed E-state index contributed by atoms with van der Waals surface area (Å²) < 4.78 is 0. The standard InChI is InChI=1S/C9H10N4O/c10-9(14)11-5-8-12-6-3-1-2-4-7(6)13-8/h1-4H,5H2,(H,12,13)(H3,10,11,14). The van der Waals surface area contributed by atoms with Crippen LogP contribution >= 0.6 is 0 Å². The van der Waals surface area contributed by atoms with Crippen LogP contribution in [0.1, 0.15) is 5.82 Å². The molecule has 2 aromatic rings. The summed E-state index contributed by atoms with van der Waals surface area (Å²) in [6, 6.07) is 7.11. The zero-order chi connectivity index (χ0) is 9.97. The van der Waals surface area contributed by atoms with Crippen LogP contribution in [0.2, 0.25) is 0 Å². The number of urea groups is 1. The second kappa shape index (κ2) is 3.37. The van der Waals surface area contributed by atoms with Gasteiger partial charge in [0, 0.05) is 0 Å². The molecule has 0 aliphatic carbocycles. The molecule has 0 saturated heterocycles. The first-order chi connectivity index (χ1) is 6.75. The SMILES string of the molecule is NC(=O)NCc1nc2ccccc2[nH]1. The van der Waals surface area contributed by atoms with Crippen molar-refractivity contribution in [2.45, 2.75) is 6.54 Å². The van der Waals surface area contributed by atoms with E-state index in [0.717, 1.165) is 11.0 Å². The van der Waals surface area contributed by atoms with E-state index < -0.39 is 6.03 Å². The molecule has 0 radical (unpaired) electrons. The number of hydrogen-bond acceptors (Lipinski definition) is 2. The van der Waals surface area contributed by atoms with Crippen LogP contribution in [-0.2, 0) is 6.54 Å². The molecular weight excluding hydrogens is 180 g/mol. The Kier molecular flexibility index (Phi) is 2.06. The molecular formula is C9H10N4O. The Morgan fingerprint density at radius 3 is 3.00 bits per heavy atom. The van der Waals surface area contributed by atoms with E-state index in [1.165, 1.54) is 0 Å². The number of imidazole rings is 1. The summed E-state index contributed by atoms with van der Waals surface area (Å²) in [5.74, 6) is 0.699. The summed E-state index contributed by atoms with van der Waals surface area (Å²) in [7, 11) is 0. The molecule has 14 heavy (non-hydrogen) atoms. The number of carbonyl (C=O) groups is 1. The molecule has 0 aliphatic rings. The van der Waals surface area contributed by atoms with Crippen molar-refractivity contribution in [3.05, 3.63) is 30.1 Å². The minimum atomic E-state index is -0.551. The Hall–Kier alpha value is -2.04. The highest BCUT2D eigenvalue weighted by molar-refractivity contribution is 5.75. The summed E-state index contributed by atoms with van der Waals surface area (Å²) in [4.78, 5) is 17.8. The predicted molar refractivity (Wildman–Crippen MR) is 52.5 cm³/mol. The Bertz CT molecular complexity index is 430. The van der Waals surface area contributed by atoms with Gasteiger partial charge in [-0.15, -0.1) is 0 Å². The van der Waals surface area contributed by atoms with Crippen LogP contribution in [0.3, 0.4) is 0 Å². The van der Waals surface area contributed by atoms with Crippen LogP contribution in [0.25, 0.3) is 11.0 Å². The summed E-state index contributed by atoms with van der Waals surface area (Å²) >= 11 is 0. The summed E-state index contributed by atoms with van der Waals surface area (Å²) in [6.45, 7) is 0.323. The zero-order valence-corrected chi connectivity index (χ0v) is 7.45. The van der Waals surface area contributed by atoms with Gasteiger partial charge in [-0.3, -0.25) is 0 Å². The number of nitrogens with one attached hydrogen (secondary N) is 2. The van der Waals surface area contributed by atoms with E-state index >= 15 is 0 Å². The molecule has 0 saturated carbocycles. The van der Waals surface area contributed by atoms with Crippen LogP contribution in [0.5, 0.6) is 0 Å². The summed E-state index contributed by atoms with van der Waals surface area (Å²) in [5.41, 5.74) is 6.78. The molecule has 0 unspecified atom stereocenters. The first-order valence-electron chi connectivity index (χ1n) is 4.22. The van der Waals surface area contributed by atoms with Crippen molar-refractivity contribution in [1.82, 2.24) is 15.3 Å². The van der Waals surface area contributed by atoms with Crippen molar-refractivity contribution >= 4 is 17.1 Å². The first kappa shape index (κ1) is 8.55. The van der Waals surface area contributed by atoms with Crippen molar-refractivity contribution in [2.75, 3.05) is 0 Å². The number of nitrogens with zero attached hydrogens (tertiary/aromatic N) is 1. The van der Waals surface area contributed by atoms with Gasteiger partial charge in [-0.2, -0.15) is 0 Å². The third-order valence-electron chi connectivity index (χ3n) is 1.87. The second-order valence-electron chi connectivity index (χ2n) is 2.92. The highest BCUT2D eigenvalue weighted by atomic mass is 16.2. The minimum Gasteiger partial charge on any atom is -0.352 e. The van der Waals surface area contributed by atoms with Crippen molar-refractivity contribution in [1.29, 1.82) is 0 Å². The van der Waals surface area contributed by atoms with Gasteiger partial charge < -0.3 is 16.0 Å². The average Bonchev–Trinajstić information content (AvgIpc) is 2.57. The minimum absolute atomic E-state index is 0.323. The molecule has 2 rings (SSSR count). The molecule has 1 heterocycles. The van der Waals surface area contributed by atoms with Gasteiger partial charge in [-0.1, -0.05) is 12.1 Å². The number of nitrogens with two attached hydrogens (primary N) is 1. The number of hydrogen-bond donors (Lipinski definition) is 3. The number of primary amides is 1. The van der Waals surface area contributed by atoms with Crippen LogP contribution in [0.4, 0.5) is 4.79 Å². The topological polar surface area (TPSA) is 83.8 Å². The Morgan fingerprint density at radius 2 is 2.29 bits per heavy atom. The average molecular weight is 190 g/mol. The van der Waals surface area contributed by atoms with E-state index in [0.29, 0.717) is 12.4 Å².